The van der Waals surface area contributed by atoms with Crippen LogP contribution in [-0.2, 0) is 26.0 Å². The van der Waals surface area contributed by atoms with Crippen LogP contribution in [0.5, 0.6) is 0 Å². The van der Waals surface area contributed by atoms with E-state index in [1.54, 1.807) is 12.1 Å². The monoisotopic (exact) mass is 492 g/mol. The Balaban J connectivity index is 1.99. The SMILES string of the molecule is CCc1ccccc1NC(=O)CN(c1ccc(Cl)cc1)S(=O)(=O)c1ccsc1C(=O)OC. The van der Waals surface area contributed by atoms with E-state index in [0.29, 0.717) is 17.1 Å². The van der Waals surface area contributed by atoms with Gasteiger partial charge < -0.3 is 10.1 Å². The summed E-state index contributed by atoms with van der Waals surface area (Å²) >= 11 is 6.90. The number of hydrogen-bond acceptors (Lipinski definition) is 6. The van der Waals surface area contributed by atoms with Gasteiger partial charge in [0.25, 0.3) is 10.0 Å². The lowest BCUT2D eigenvalue weighted by molar-refractivity contribution is -0.114. The van der Waals surface area contributed by atoms with E-state index in [0.717, 1.165) is 21.2 Å². The molecule has 1 heterocycles. The lowest BCUT2D eigenvalue weighted by atomic mass is 10.1. The number of carbonyl (C=O) groups excluding carboxylic acids is 2. The first kappa shape index (κ1) is 23.8. The van der Waals surface area contributed by atoms with Gasteiger partial charge in [-0.15, -0.1) is 11.3 Å². The third-order valence-electron chi connectivity index (χ3n) is 4.64. The molecule has 0 bridgehead atoms. The molecule has 0 aliphatic rings. The Morgan fingerprint density at radius 3 is 2.44 bits per heavy atom. The molecule has 1 amide bonds. The first-order valence-corrected chi connectivity index (χ1v) is 12.3. The summed E-state index contributed by atoms with van der Waals surface area (Å²) in [5.41, 5.74) is 1.77. The number of carbonyl (C=O) groups is 2. The predicted octanol–water partition coefficient (Wildman–Crippen LogP) is 4.58. The Hall–Kier alpha value is -2.88. The maximum Gasteiger partial charge on any atom is 0.349 e. The molecule has 0 radical (unpaired) electrons. The summed E-state index contributed by atoms with van der Waals surface area (Å²) in [6, 6.07) is 14.7. The van der Waals surface area contributed by atoms with Gasteiger partial charge in [0.1, 0.15) is 16.3 Å². The molecular weight excluding hydrogens is 472 g/mol. The summed E-state index contributed by atoms with van der Waals surface area (Å²) in [5, 5.41) is 4.68. The van der Waals surface area contributed by atoms with Crippen molar-refractivity contribution in [3.63, 3.8) is 0 Å². The van der Waals surface area contributed by atoms with Crippen LogP contribution in [-0.4, -0.2) is 33.9 Å². The van der Waals surface area contributed by atoms with Crippen molar-refractivity contribution in [3.05, 3.63) is 75.4 Å². The molecule has 3 rings (SSSR count). The van der Waals surface area contributed by atoms with Gasteiger partial charge in [0.05, 0.1) is 12.8 Å². The van der Waals surface area contributed by atoms with Crippen LogP contribution in [0.15, 0.2) is 64.9 Å². The van der Waals surface area contributed by atoms with Crippen LogP contribution in [0.4, 0.5) is 11.4 Å². The average Bonchev–Trinajstić information content (AvgIpc) is 3.29. The number of para-hydroxylation sites is 1. The third-order valence-corrected chi connectivity index (χ3v) is 7.73. The van der Waals surface area contributed by atoms with Crippen LogP contribution in [0.2, 0.25) is 5.02 Å². The zero-order valence-electron chi connectivity index (χ0n) is 17.4. The fraction of sp³-hybridized carbons (Fsp3) is 0.182. The second kappa shape index (κ2) is 10.2. The van der Waals surface area contributed by atoms with Gasteiger partial charge in [-0.05, 0) is 53.8 Å². The molecule has 3 aromatic rings. The number of sulfonamides is 1. The number of methoxy groups -OCH3 is 1. The Labute approximate surface area is 195 Å². The van der Waals surface area contributed by atoms with Crippen molar-refractivity contribution in [1.82, 2.24) is 0 Å². The van der Waals surface area contributed by atoms with Gasteiger partial charge >= 0.3 is 5.97 Å². The van der Waals surface area contributed by atoms with Crippen LogP contribution in [0.1, 0.15) is 22.2 Å². The number of esters is 1. The largest absolute Gasteiger partial charge is 0.465 e. The summed E-state index contributed by atoms with van der Waals surface area (Å²) in [5.74, 6) is -1.30. The van der Waals surface area contributed by atoms with Gasteiger partial charge in [0.15, 0.2) is 0 Å². The summed E-state index contributed by atoms with van der Waals surface area (Å²) in [4.78, 5) is 24.7. The van der Waals surface area contributed by atoms with Crippen LogP contribution in [0, 0.1) is 0 Å². The third kappa shape index (κ3) is 5.12. The van der Waals surface area contributed by atoms with Crippen molar-refractivity contribution in [2.24, 2.45) is 0 Å². The highest BCUT2D eigenvalue weighted by Gasteiger charge is 2.32. The smallest absolute Gasteiger partial charge is 0.349 e. The molecule has 2 aromatic carbocycles. The van der Waals surface area contributed by atoms with Crippen molar-refractivity contribution >= 4 is 56.2 Å². The van der Waals surface area contributed by atoms with E-state index in [1.807, 2.05) is 19.1 Å². The predicted molar refractivity (Wildman–Crippen MR) is 126 cm³/mol. The molecule has 0 fully saturated rings. The van der Waals surface area contributed by atoms with Crippen molar-refractivity contribution in [3.8, 4) is 0 Å². The second-order valence-electron chi connectivity index (χ2n) is 6.65. The first-order chi connectivity index (χ1) is 15.3. The van der Waals surface area contributed by atoms with Crippen LogP contribution in [0.3, 0.4) is 0 Å². The normalized spacial score (nSPS) is 11.1. The number of nitrogens with zero attached hydrogens (tertiary/aromatic N) is 1. The van der Waals surface area contributed by atoms with E-state index in [-0.39, 0.29) is 15.5 Å². The molecule has 1 aromatic heterocycles. The van der Waals surface area contributed by atoms with E-state index in [4.69, 9.17) is 16.3 Å². The zero-order chi connectivity index (χ0) is 23.3. The van der Waals surface area contributed by atoms with E-state index < -0.39 is 28.4 Å². The fourth-order valence-electron chi connectivity index (χ4n) is 3.05. The number of rotatable bonds is 8. The van der Waals surface area contributed by atoms with Crippen LogP contribution in [0.25, 0.3) is 0 Å². The fourth-order valence-corrected chi connectivity index (χ4v) is 5.91. The molecule has 0 atom stereocenters. The molecular formula is C22H21ClN2O5S2. The highest BCUT2D eigenvalue weighted by atomic mass is 35.5. The molecule has 1 N–H and O–H groups in total. The quantitative estimate of drug-likeness (QED) is 0.464. The van der Waals surface area contributed by atoms with Gasteiger partial charge in [0, 0.05) is 10.7 Å². The number of benzene rings is 2. The summed E-state index contributed by atoms with van der Waals surface area (Å²) in [6.07, 6.45) is 0.701. The number of aryl methyl sites for hydroxylation is 1. The van der Waals surface area contributed by atoms with Gasteiger partial charge in [-0.1, -0.05) is 36.7 Å². The summed E-state index contributed by atoms with van der Waals surface area (Å²) < 4.78 is 32.7. The topological polar surface area (TPSA) is 92.8 Å². The number of thiophene rings is 1. The molecule has 0 aliphatic heterocycles. The molecule has 0 unspecified atom stereocenters. The van der Waals surface area contributed by atoms with Crippen molar-refractivity contribution in [2.75, 3.05) is 23.3 Å². The molecule has 168 valence electrons. The number of anilines is 2. The van der Waals surface area contributed by atoms with Gasteiger partial charge in [-0.3, -0.25) is 9.10 Å². The van der Waals surface area contributed by atoms with E-state index in [2.05, 4.69) is 5.32 Å². The van der Waals surface area contributed by atoms with Crippen molar-refractivity contribution in [1.29, 1.82) is 0 Å². The van der Waals surface area contributed by atoms with Crippen LogP contribution < -0.4 is 9.62 Å². The van der Waals surface area contributed by atoms with Crippen molar-refractivity contribution < 1.29 is 22.7 Å². The van der Waals surface area contributed by atoms with Gasteiger partial charge in [-0.25, -0.2) is 13.2 Å². The van der Waals surface area contributed by atoms with E-state index in [9.17, 15) is 18.0 Å². The number of ether oxygens (including phenoxy) is 1. The lowest BCUT2D eigenvalue weighted by Crippen LogP contribution is -2.38. The van der Waals surface area contributed by atoms with Crippen molar-refractivity contribution in [2.45, 2.75) is 18.2 Å². The number of hydrogen-bond donors (Lipinski definition) is 1. The van der Waals surface area contributed by atoms with Crippen LogP contribution >= 0.6 is 22.9 Å². The van der Waals surface area contributed by atoms with Gasteiger partial charge in [-0.2, -0.15) is 0 Å². The Morgan fingerprint density at radius 2 is 1.78 bits per heavy atom. The molecule has 0 saturated heterocycles. The molecule has 0 spiro atoms. The zero-order valence-corrected chi connectivity index (χ0v) is 19.8. The Morgan fingerprint density at radius 1 is 1.09 bits per heavy atom. The Kier molecular flexibility index (Phi) is 7.55. The van der Waals surface area contributed by atoms with E-state index >= 15 is 0 Å². The Bertz CT molecular complexity index is 1220. The molecule has 7 nitrogen and oxygen atoms in total. The number of nitrogens with one attached hydrogen (secondary N) is 1. The summed E-state index contributed by atoms with van der Waals surface area (Å²) in [7, 11) is -3.10. The second-order valence-corrected chi connectivity index (χ2v) is 9.84. The number of amides is 1. The molecule has 10 heteroatoms. The maximum absolute atomic E-state index is 13.5. The lowest BCUT2D eigenvalue weighted by Gasteiger charge is -2.24. The standard InChI is InChI=1S/C22H21ClN2O5S2/c1-3-15-6-4-5-7-18(15)24-20(26)14-25(17-10-8-16(23)9-11-17)32(28,29)19-12-13-31-21(19)22(27)30-2/h4-13H,3,14H2,1-2H3,(H,24,26). The highest BCUT2D eigenvalue weighted by Crippen LogP contribution is 2.30. The van der Waals surface area contributed by atoms with E-state index in [1.165, 1.54) is 42.8 Å². The molecule has 0 saturated carbocycles. The van der Waals surface area contributed by atoms with Gasteiger partial charge in [0.2, 0.25) is 5.91 Å². The number of halogens is 1. The minimum absolute atomic E-state index is 0.0665. The minimum atomic E-state index is -4.27. The molecule has 0 aliphatic carbocycles. The first-order valence-electron chi connectivity index (χ1n) is 9.59. The minimum Gasteiger partial charge on any atom is -0.465 e. The maximum atomic E-state index is 13.5. The summed E-state index contributed by atoms with van der Waals surface area (Å²) in [6.45, 7) is 1.46. The molecule has 32 heavy (non-hydrogen) atoms. The average molecular weight is 493 g/mol. The highest BCUT2D eigenvalue weighted by molar-refractivity contribution is 7.93.